The molecule has 0 aliphatic carbocycles. The van der Waals surface area contributed by atoms with Crippen LogP contribution in [0, 0.1) is 10.1 Å². The van der Waals surface area contributed by atoms with E-state index in [0.29, 0.717) is 0 Å². The van der Waals surface area contributed by atoms with Gasteiger partial charge in [0.05, 0.1) is 11.1 Å². The van der Waals surface area contributed by atoms with Gasteiger partial charge in [-0.05, 0) is 6.42 Å². The van der Waals surface area contributed by atoms with Crippen LogP contribution in [0.15, 0.2) is 11.9 Å². The molecule has 0 bridgehead atoms. The fourth-order valence-electron chi connectivity index (χ4n) is 0.417. The second kappa shape index (κ2) is 4.78. The lowest BCUT2D eigenvalue weighted by molar-refractivity contribution is -0.424. The van der Waals surface area contributed by atoms with E-state index in [1.54, 1.807) is 0 Å². The molecule has 0 aromatic heterocycles. The van der Waals surface area contributed by atoms with Crippen LogP contribution in [0.5, 0.6) is 0 Å². The van der Waals surface area contributed by atoms with Crippen LogP contribution >= 0.6 is 0 Å². The number of hydrogen-bond acceptors (Lipinski definition) is 3. The number of nitro groups is 1. The zero-order valence-electron chi connectivity index (χ0n) is 6.26. The molecular weight excluding hydrogens is 132 g/mol. The highest BCUT2D eigenvalue weighted by Gasteiger charge is 1.98. The largest absolute Gasteiger partial charge is 0.386 e. The summed E-state index contributed by atoms with van der Waals surface area (Å²) in [7, 11) is 0. The third-order valence-electron chi connectivity index (χ3n) is 0.993. The Hall–Kier alpha value is -1.06. The Labute approximate surface area is 60.1 Å². The summed E-state index contributed by atoms with van der Waals surface area (Å²) in [5.41, 5.74) is 0.147. The number of nitrogens with zero attached hydrogens (tertiary/aromatic N) is 1. The van der Waals surface area contributed by atoms with E-state index in [0.717, 1.165) is 13.0 Å². The molecule has 0 amide bonds. The number of nitrogens with one attached hydrogen (secondary N) is 1. The zero-order valence-corrected chi connectivity index (χ0v) is 6.26. The van der Waals surface area contributed by atoms with Crippen LogP contribution in [0.1, 0.15) is 20.3 Å². The summed E-state index contributed by atoms with van der Waals surface area (Å²) in [4.78, 5) is 9.58. The maximum absolute atomic E-state index is 9.99. The van der Waals surface area contributed by atoms with Gasteiger partial charge in [0, 0.05) is 13.5 Å². The minimum atomic E-state index is -0.414. The summed E-state index contributed by atoms with van der Waals surface area (Å²) in [6.07, 6.45) is 2.39. The summed E-state index contributed by atoms with van der Waals surface area (Å²) in [5, 5.41) is 12.8. The van der Waals surface area contributed by atoms with Crippen LogP contribution < -0.4 is 5.32 Å². The van der Waals surface area contributed by atoms with Crippen LogP contribution in [0.2, 0.25) is 0 Å². The first-order valence-electron chi connectivity index (χ1n) is 3.23. The van der Waals surface area contributed by atoms with Gasteiger partial charge in [-0.2, -0.15) is 0 Å². The summed E-state index contributed by atoms with van der Waals surface area (Å²) in [6.45, 7) is 4.25. The monoisotopic (exact) mass is 144 g/mol. The predicted octanol–water partition coefficient (Wildman–Crippen LogP) is 1.12. The molecule has 0 aliphatic heterocycles. The van der Waals surface area contributed by atoms with E-state index in [-0.39, 0.29) is 5.70 Å². The SMILES string of the molecule is CCCNC=C(C)[N+](=O)[O-]. The molecule has 0 atom stereocenters. The van der Waals surface area contributed by atoms with Crippen molar-refractivity contribution in [2.24, 2.45) is 0 Å². The zero-order chi connectivity index (χ0) is 7.98. The van der Waals surface area contributed by atoms with Crippen molar-refractivity contribution in [3.8, 4) is 0 Å². The van der Waals surface area contributed by atoms with Gasteiger partial charge in [-0.1, -0.05) is 6.92 Å². The van der Waals surface area contributed by atoms with Gasteiger partial charge < -0.3 is 5.32 Å². The molecule has 0 saturated carbocycles. The molecule has 0 fully saturated rings. The van der Waals surface area contributed by atoms with E-state index in [4.69, 9.17) is 0 Å². The molecule has 0 rings (SSSR count). The quantitative estimate of drug-likeness (QED) is 0.365. The van der Waals surface area contributed by atoms with Crippen molar-refractivity contribution in [2.45, 2.75) is 20.3 Å². The lowest BCUT2D eigenvalue weighted by Gasteiger charge is -1.94. The van der Waals surface area contributed by atoms with Crippen molar-refractivity contribution in [3.63, 3.8) is 0 Å². The number of hydrogen-bond donors (Lipinski definition) is 1. The summed E-state index contributed by atoms with van der Waals surface area (Å²) < 4.78 is 0. The third kappa shape index (κ3) is 3.88. The molecule has 4 nitrogen and oxygen atoms in total. The van der Waals surface area contributed by atoms with Crippen LogP contribution in [0.4, 0.5) is 0 Å². The second-order valence-electron chi connectivity index (χ2n) is 2.00. The normalized spacial score (nSPS) is 11.2. The highest BCUT2D eigenvalue weighted by atomic mass is 16.6. The first-order valence-corrected chi connectivity index (χ1v) is 3.23. The fourth-order valence-corrected chi connectivity index (χ4v) is 0.417. The van der Waals surface area contributed by atoms with E-state index >= 15 is 0 Å². The van der Waals surface area contributed by atoms with Crippen LogP contribution in [-0.4, -0.2) is 11.5 Å². The molecule has 0 spiro atoms. The Balaban J connectivity index is 3.58. The van der Waals surface area contributed by atoms with Gasteiger partial charge in [-0.15, -0.1) is 0 Å². The van der Waals surface area contributed by atoms with Crippen molar-refractivity contribution >= 4 is 0 Å². The fraction of sp³-hybridized carbons (Fsp3) is 0.667. The van der Waals surface area contributed by atoms with Crippen molar-refractivity contribution in [1.29, 1.82) is 0 Å². The maximum Gasteiger partial charge on any atom is 0.258 e. The first-order chi connectivity index (χ1) is 4.68. The number of allylic oxidation sites excluding steroid dienone is 1. The molecular formula is C6H12N2O2. The average Bonchev–Trinajstić information content (AvgIpc) is 1.88. The molecule has 0 aromatic rings. The molecule has 10 heavy (non-hydrogen) atoms. The Morgan fingerprint density at radius 3 is 2.80 bits per heavy atom. The minimum Gasteiger partial charge on any atom is -0.386 e. The minimum absolute atomic E-state index is 0.147. The molecule has 0 aromatic carbocycles. The van der Waals surface area contributed by atoms with Crippen molar-refractivity contribution in [1.82, 2.24) is 5.32 Å². The Bertz CT molecular complexity index is 143. The van der Waals surface area contributed by atoms with E-state index in [1.807, 2.05) is 6.92 Å². The van der Waals surface area contributed by atoms with E-state index in [1.165, 1.54) is 13.1 Å². The lowest BCUT2D eigenvalue weighted by Crippen LogP contribution is -2.08. The van der Waals surface area contributed by atoms with Crippen LogP contribution in [-0.2, 0) is 0 Å². The first kappa shape index (κ1) is 8.94. The molecule has 0 aliphatic rings. The summed E-state index contributed by atoms with van der Waals surface area (Å²) >= 11 is 0. The highest BCUT2D eigenvalue weighted by Crippen LogP contribution is 1.88. The molecule has 4 heteroatoms. The standard InChI is InChI=1S/C6H12N2O2/c1-3-4-7-5-6(2)8(9)10/h5,7H,3-4H2,1-2H3. The van der Waals surface area contributed by atoms with E-state index < -0.39 is 4.92 Å². The topological polar surface area (TPSA) is 55.2 Å². The number of rotatable bonds is 4. The van der Waals surface area contributed by atoms with Gasteiger partial charge in [-0.25, -0.2) is 0 Å². The van der Waals surface area contributed by atoms with Crippen LogP contribution in [0.25, 0.3) is 0 Å². The average molecular weight is 144 g/mol. The molecule has 58 valence electrons. The van der Waals surface area contributed by atoms with Crippen molar-refractivity contribution in [3.05, 3.63) is 22.0 Å². The summed E-state index contributed by atoms with van der Waals surface area (Å²) in [5.74, 6) is 0. The van der Waals surface area contributed by atoms with Gasteiger partial charge in [0.25, 0.3) is 5.70 Å². The van der Waals surface area contributed by atoms with E-state index in [9.17, 15) is 10.1 Å². The van der Waals surface area contributed by atoms with Gasteiger partial charge in [0.15, 0.2) is 0 Å². The van der Waals surface area contributed by atoms with Gasteiger partial charge in [-0.3, -0.25) is 10.1 Å². The predicted molar refractivity (Wildman–Crippen MR) is 39.0 cm³/mol. The molecule has 0 heterocycles. The molecule has 0 radical (unpaired) electrons. The third-order valence-corrected chi connectivity index (χ3v) is 0.993. The van der Waals surface area contributed by atoms with Crippen LogP contribution in [0.3, 0.4) is 0 Å². The highest BCUT2D eigenvalue weighted by molar-refractivity contribution is 4.84. The smallest absolute Gasteiger partial charge is 0.258 e. The molecule has 0 saturated heterocycles. The Morgan fingerprint density at radius 2 is 2.40 bits per heavy atom. The Morgan fingerprint density at radius 1 is 1.80 bits per heavy atom. The maximum atomic E-state index is 9.99. The Kier molecular flexibility index (Phi) is 4.28. The molecule has 1 N–H and O–H groups in total. The van der Waals surface area contributed by atoms with Gasteiger partial charge in [0.1, 0.15) is 0 Å². The summed E-state index contributed by atoms with van der Waals surface area (Å²) in [6, 6.07) is 0. The lowest BCUT2D eigenvalue weighted by atomic mass is 10.5. The van der Waals surface area contributed by atoms with Crippen molar-refractivity contribution in [2.75, 3.05) is 6.54 Å². The van der Waals surface area contributed by atoms with E-state index in [2.05, 4.69) is 5.32 Å². The van der Waals surface area contributed by atoms with Gasteiger partial charge >= 0.3 is 0 Å². The molecule has 0 unspecified atom stereocenters. The van der Waals surface area contributed by atoms with Gasteiger partial charge in [0.2, 0.25) is 0 Å². The van der Waals surface area contributed by atoms with Crippen molar-refractivity contribution < 1.29 is 4.92 Å². The second-order valence-corrected chi connectivity index (χ2v) is 2.00.